The second-order valence-electron chi connectivity index (χ2n) is 13.5. The third-order valence-electron chi connectivity index (χ3n) is 8.86. The molecule has 2 aliphatic carbocycles. The molecule has 2 aliphatic rings. The highest BCUT2D eigenvalue weighted by Gasteiger charge is 2.37. The molecule has 0 aromatic heterocycles. The van der Waals surface area contributed by atoms with Crippen molar-refractivity contribution >= 4 is 0 Å². The smallest absolute Gasteiger partial charge is 0.0585 e. The first kappa shape index (κ1) is 35.1. The van der Waals surface area contributed by atoms with E-state index in [9.17, 15) is 5.11 Å². The summed E-state index contributed by atoms with van der Waals surface area (Å²) in [6.45, 7) is 19.7. The summed E-state index contributed by atoms with van der Waals surface area (Å²) in [5.74, 6) is 4.16. The molecular formula is C41H56O. The Kier molecular flexibility index (Phi) is 13.8. The maximum atomic E-state index is 10.1. The fourth-order valence-corrected chi connectivity index (χ4v) is 6.33. The minimum Gasteiger partial charge on any atom is -0.393 e. The SMILES string of the molecule is C#C[C@@]1(C)CCCC(C)[C@@H]1/C=C/C(C)=C/C=C/C(C)=C/C=C/C=C(C)/C=C/C=C(C)/C=C/C1=C(C)C[C@@H](O)CC1(C)C. The Hall–Kier alpha value is -3.08. The molecule has 0 radical (unpaired) electrons. The predicted molar refractivity (Wildman–Crippen MR) is 186 cm³/mol. The molecule has 0 amide bonds. The molecule has 1 unspecified atom stereocenters. The van der Waals surface area contributed by atoms with E-state index in [0.29, 0.717) is 11.8 Å². The zero-order valence-electron chi connectivity index (χ0n) is 27.9. The Morgan fingerprint density at radius 1 is 0.833 bits per heavy atom. The van der Waals surface area contributed by atoms with E-state index in [-0.39, 0.29) is 16.9 Å². The Balaban J connectivity index is 1.89. The van der Waals surface area contributed by atoms with Crippen molar-refractivity contribution in [1.29, 1.82) is 0 Å². The quantitative estimate of drug-likeness (QED) is 0.207. The summed E-state index contributed by atoms with van der Waals surface area (Å²) in [7, 11) is 0. The lowest BCUT2D eigenvalue weighted by Gasteiger charge is -2.40. The Morgan fingerprint density at radius 3 is 1.90 bits per heavy atom. The highest BCUT2D eigenvalue weighted by Crippen LogP contribution is 2.44. The molecule has 2 rings (SSSR count). The number of aliphatic hydroxyl groups is 1. The fraction of sp³-hybridized carbons (Fsp3) is 0.463. The molecule has 0 spiro atoms. The first-order valence-corrected chi connectivity index (χ1v) is 15.7. The number of aliphatic hydroxyl groups excluding tert-OH is 1. The summed E-state index contributed by atoms with van der Waals surface area (Å²) in [4.78, 5) is 0. The van der Waals surface area contributed by atoms with Gasteiger partial charge in [0.15, 0.2) is 0 Å². The number of hydrogen-bond donors (Lipinski definition) is 1. The van der Waals surface area contributed by atoms with Crippen LogP contribution in [-0.2, 0) is 0 Å². The molecule has 4 atom stereocenters. The summed E-state index contributed by atoms with van der Waals surface area (Å²) in [6.07, 6.45) is 41.1. The van der Waals surface area contributed by atoms with Gasteiger partial charge in [-0.3, -0.25) is 0 Å². The van der Waals surface area contributed by atoms with E-state index >= 15 is 0 Å². The van der Waals surface area contributed by atoms with E-state index < -0.39 is 0 Å². The first-order valence-electron chi connectivity index (χ1n) is 15.7. The molecule has 1 saturated carbocycles. The van der Waals surface area contributed by atoms with Gasteiger partial charge in [0.1, 0.15) is 0 Å². The van der Waals surface area contributed by atoms with Crippen molar-refractivity contribution in [3.63, 3.8) is 0 Å². The average Bonchev–Trinajstić information content (AvgIpc) is 2.89. The van der Waals surface area contributed by atoms with Crippen molar-refractivity contribution in [3.05, 3.63) is 119 Å². The van der Waals surface area contributed by atoms with Crippen molar-refractivity contribution in [1.82, 2.24) is 0 Å². The zero-order valence-corrected chi connectivity index (χ0v) is 27.9. The third-order valence-corrected chi connectivity index (χ3v) is 8.86. The van der Waals surface area contributed by atoms with Crippen LogP contribution in [0.5, 0.6) is 0 Å². The van der Waals surface area contributed by atoms with Gasteiger partial charge in [0.2, 0.25) is 0 Å². The van der Waals surface area contributed by atoms with Crippen molar-refractivity contribution < 1.29 is 5.11 Å². The molecule has 0 bridgehead atoms. The fourth-order valence-electron chi connectivity index (χ4n) is 6.33. The molecule has 0 aromatic carbocycles. The maximum Gasteiger partial charge on any atom is 0.0585 e. The van der Waals surface area contributed by atoms with Gasteiger partial charge in [-0.25, -0.2) is 0 Å². The van der Waals surface area contributed by atoms with E-state index in [1.54, 1.807) is 0 Å². The summed E-state index contributed by atoms with van der Waals surface area (Å²) >= 11 is 0. The standard InChI is InChI=1S/C41H56O/c1-11-41(10)28-16-23-35(6)39(41)27-25-34(5)22-15-20-32(3)18-13-12-17-31(2)19-14-21-33(4)24-26-38-36(7)29-37(42)30-40(38,8)9/h1,12-15,17-22,24-27,35,37,39,42H,16,23,28-30H2,2-10H3/b13-12+,19-14+,20-15+,26-24+,27-25+,31-17+,32-18+,33-21+,34-22+/t35?,37-,39+,41+/m1/s1. The molecule has 0 saturated heterocycles. The normalized spacial score (nSPS) is 28.7. The molecule has 42 heavy (non-hydrogen) atoms. The molecule has 0 aliphatic heterocycles. The van der Waals surface area contributed by atoms with Crippen molar-refractivity contribution in [2.75, 3.05) is 0 Å². The van der Waals surface area contributed by atoms with Crippen LogP contribution in [-0.4, -0.2) is 11.2 Å². The van der Waals surface area contributed by atoms with Crippen LogP contribution in [0.25, 0.3) is 0 Å². The van der Waals surface area contributed by atoms with Gasteiger partial charge >= 0.3 is 0 Å². The number of allylic oxidation sites excluding steroid dienone is 19. The maximum absolute atomic E-state index is 10.1. The minimum absolute atomic E-state index is 0.00850. The highest BCUT2D eigenvalue weighted by molar-refractivity contribution is 5.38. The summed E-state index contributed by atoms with van der Waals surface area (Å²) in [5.41, 5.74) is 7.47. The molecule has 1 nitrogen and oxygen atoms in total. The van der Waals surface area contributed by atoms with Gasteiger partial charge in [-0.15, -0.1) is 6.42 Å². The van der Waals surface area contributed by atoms with Crippen LogP contribution in [0, 0.1) is 35.0 Å². The van der Waals surface area contributed by atoms with E-state index in [1.165, 1.54) is 46.3 Å². The molecule has 0 aromatic rings. The molecule has 0 heterocycles. The Bertz CT molecular complexity index is 1270. The van der Waals surface area contributed by atoms with Crippen LogP contribution < -0.4 is 0 Å². The molecule has 1 N–H and O–H groups in total. The number of hydrogen-bond acceptors (Lipinski definition) is 1. The highest BCUT2D eigenvalue weighted by atomic mass is 16.3. The van der Waals surface area contributed by atoms with Crippen LogP contribution in [0.4, 0.5) is 0 Å². The number of terminal acetylenes is 1. The Morgan fingerprint density at radius 2 is 1.36 bits per heavy atom. The van der Waals surface area contributed by atoms with Gasteiger partial charge in [-0.2, -0.15) is 0 Å². The van der Waals surface area contributed by atoms with Crippen molar-refractivity contribution in [2.45, 2.75) is 101 Å². The van der Waals surface area contributed by atoms with E-state index in [4.69, 9.17) is 6.42 Å². The van der Waals surface area contributed by atoms with Gasteiger partial charge in [0.05, 0.1) is 6.10 Å². The lowest BCUT2D eigenvalue weighted by molar-refractivity contribution is 0.116. The zero-order chi connectivity index (χ0) is 31.3. The summed E-state index contributed by atoms with van der Waals surface area (Å²) in [6, 6.07) is 0. The van der Waals surface area contributed by atoms with Crippen LogP contribution in [0.15, 0.2) is 119 Å². The van der Waals surface area contributed by atoms with E-state index in [2.05, 4.69) is 153 Å². The predicted octanol–water partition coefficient (Wildman–Crippen LogP) is 11.1. The van der Waals surface area contributed by atoms with E-state index in [0.717, 1.165) is 19.3 Å². The second kappa shape index (κ2) is 16.5. The third kappa shape index (κ3) is 11.3. The van der Waals surface area contributed by atoms with Gasteiger partial charge in [0, 0.05) is 5.41 Å². The topological polar surface area (TPSA) is 20.2 Å². The van der Waals surface area contributed by atoms with Gasteiger partial charge in [-0.1, -0.05) is 152 Å². The van der Waals surface area contributed by atoms with Crippen LogP contribution in [0.1, 0.15) is 94.4 Å². The molecule has 1 fully saturated rings. The van der Waals surface area contributed by atoms with Crippen LogP contribution in [0.3, 0.4) is 0 Å². The minimum atomic E-state index is -0.224. The Labute approximate surface area is 258 Å². The van der Waals surface area contributed by atoms with Crippen molar-refractivity contribution in [2.24, 2.45) is 22.7 Å². The molecule has 1 heteroatoms. The van der Waals surface area contributed by atoms with Crippen LogP contribution in [0.2, 0.25) is 0 Å². The van der Waals surface area contributed by atoms with E-state index in [1.807, 2.05) is 0 Å². The monoisotopic (exact) mass is 564 g/mol. The molecular weight excluding hydrogens is 508 g/mol. The first-order chi connectivity index (χ1) is 19.8. The lowest BCUT2D eigenvalue weighted by atomic mass is 9.63. The number of rotatable bonds is 10. The van der Waals surface area contributed by atoms with Crippen molar-refractivity contribution in [3.8, 4) is 12.3 Å². The summed E-state index contributed by atoms with van der Waals surface area (Å²) < 4.78 is 0. The van der Waals surface area contributed by atoms with Gasteiger partial charge in [0.25, 0.3) is 0 Å². The molecule has 226 valence electrons. The van der Waals surface area contributed by atoms with Crippen LogP contribution >= 0.6 is 0 Å². The lowest BCUT2D eigenvalue weighted by Crippen LogP contribution is -2.33. The average molecular weight is 565 g/mol. The van der Waals surface area contributed by atoms with Gasteiger partial charge in [-0.05, 0) is 83.6 Å². The summed E-state index contributed by atoms with van der Waals surface area (Å²) in [5, 5.41) is 10.1. The second-order valence-corrected chi connectivity index (χ2v) is 13.5. The largest absolute Gasteiger partial charge is 0.393 e. The van der Waals surface area contributed by atoms with Gasteiger partial charge < -0.3 is 5.11 Å².